The highest BCUT2D eigenvalue weighted by Gasteiger charge is 2.10. The molecular weight excluding hydrogens is 213 g/mol. The summed E-state index contributed by atoms with van der Waals surface area (Å²) < 4.78 is 12.9. The summed E-state index contributed by atoms with van der Waals surface area (Å²) in [6.07, 6.45) is 0. The van der Waals surface area contributed by atoms with E-state index >= 15 is 0 Å². The van der Waals surface area contributed by atoms with Gasteiger partial charge in [-0.3, -0.25) is 0 Å². The summed E-state index contributed by atoms with van der Waals surface area (Å²) >= 11 is 5.82. The van der Waals surface area contributed by atoms with Crippen molar-refractivity contribution in [3.8, 4) is 0 Å². The number of hydrogen-bond acceptors (Lipinski definition) is 1. The van der Waals surface area contributed by atoms with Gasteiger partial charge < -0.3 is 5.32 Å². The number of alkyl halides is 1. The van der Waals surface area contributed by atoms with Crippen molar-refractivity contribution >= 4 is 11.6 Å². The molecule has 1 aromatic carbocycles. The lowest BCUT2D eigenvalue weighted by Crippen LogP contribution is -2.34. The Morgan fingerprint density at radius 1 is 1.40 bits per heavy atom. The zero-order chi connectivity index (χ0) is 11.3. The summed E-state index contributed by atoms with van der Waals surface area (Å²) in [6.45, 7) is 4.89. The Morgan fingerprint density at radius 2 is 2.13 bits per heavy atom. The van der Waals surface area contributed by atoms with Crippen molar-refractivity contribution in [1.29, 1.82) is 0 Å². The van der Waals surface area contributed by atoms with Crippen LogP contribution in [-0.4, -0.2) is 11.9 Å². The fourth-order valence-corrected chi connectivity index (χ4v) is 1.83. The summed E-state index contributed by atoms with van der Waals surface area (Å²) in [4.78, 5) is 0. The second kappa shape index (κ2) is 6.09. The summed E-state index contributed by atoms with van der Waals surface area (Å²) in [5, 5.41) is 3.31. The number of benzene rings is 1. The van der Waals surface area contributed by atoms with Gasteiger partial charge >= 0.3 is 0 Å². The van der Waals surface area contributed by atoms with Crippen molar-refractivity contribution < 1.29 is 4.39 Å². The second-order valence-corrected chi connectivity index (χ2v) is 4.32. The Balaban J connectivity index is 2.49. The predicted molar refractivity (Wildman–Crippen MR) is 62.6 cm³/mol. The molecule has 0 aromatic heterocycles. The molecule has 0 fully saturated rings. The smallest absolute Gasteiger partial charge is 0.123 e. The molecule has 15 heavy (non-hydrogen) atoms. The molecule has 0 saturated carbocycles. The molecule has 0 spiro atoms. The summed E-state index contributed by atoms with van der Waals surface area (Å²) in [6, 6.07) is 6.89. The lowest BCUT2D eigenvalue weighted by atomic mass is 10.1. The molecule has 0 aliphatic rings. The first-order valence-electron chi connectivity index (χ1n) is 5.17. The third kappa shape index (κ3) is 4.18. The number of halogens is 2. The summed E-state index contributed by atoms with van der Waals surface area (Å²) in [7, 11) is 0. The quantitative estimate of drug-likeness (QED) is 0.765. The van der Waals surface area contributed by atoms with Gasteiger partial charge in [0.15, 0.2) is 0 Å². The number of hydrogen-bond donors (Lipinski definition) is 1. The van der Waals surface area contributed by atoms with Crippen molar-refractivity contribution in [2.75, 3.05) is 5.88 Å². The average molecular weight is 230 g/mol. The van der Waals surface area contributed by atoms with Crippen LogP contribution in [0.1, 0.15) is 19.4 Å². The van der Waals surface area contributed by atoms with Gasteiger partial charge in [0.05, 0.1) is 0 Å². The minimum atomic E-state index is -0.193. The van der Waals surface area contributed by atoms with Crippen LogP contribution in [0.4, 0.5) is 4.39 Å². The van der Waals surface area contributed by atoms with Crippen molar-refractivity contribution in [2.24, 2.45) is 5.92 Å². The molecule has 1 aromatic rings. The van der Waals surface area contributed by atoms with Gasteiger partial charge in [0.1, 0.15) is 5.82 Å². The van der Waals surface area contributed by atoms with Crippen LogP contribution in [-0.2, 0) is 6.54 Å². The van der Waals surface area contributed by atoms with Crippen LogP contribution in [0, 0.1) is 11.7 Å². The Hall–Kier alpha value is -0.600. The molecule has 0 aliphatic carbocycles. The van der Waals surface area contributed by atoms with Gasteiger partial charge in [0.2, 0.25) is 0 Å². The Morgan fingerprint density at radius 3 is 2.67 bits per heavy atom. The van der Waals surface area contributed by atoms with E-state index in [1.165, 1.54) is 6.07 Å². The van der Waals surface area contributed by atoms with Crippen LogP contribution in [0.3, 0.4) is 0 Å². The number of nitrogens with one attached hydrogen (secondary N) is 1. The summed E-state index contributed by atoms with van der Waals surface area (Å²) in [5.41, 5.74) is 0.950. The van der Waals surface area contributed by atoms with Crippen LogP contribution in [0.5, 0.6) is 0 Å². The molecular formula is C12H17ClFN. The zero-order valence-corrected chi connectivity index (χ0v) is 9.89. The molecule has 0 radical (unpaired) electrons. The van der Waals surface area contributed by atoms with Crippen LogP contribution in [0.15, 0.2) is 24.3 Å². The normalized spacial score (nSPS) is 13.1. The third-order valence-corrected chi connectivity index (χ3v) is 2.76. The molecule has 0 saturated heterocycles. The highest BCUT2D eigenvalue weighted by atomic mass is 35.5. The maximum absolute atomic E-state index is 12.9. The van der Waals surface area contributed by atoms with E-state index in [0.29, 0.717) is 18.3 Å². The first-order valence-corrected chi connectivity index (χ1v) is 5.70. The van der Waals surface area contributed by atoms with E-state index in [0.717, 1.165) is 5.56 Å². The van der Waals surface area contributed by atoms with Crippen LogP contribution >= 0.6 is 11.6 Å². The van der Waals surface area contributed by atoms with Crippen molar-refractivity contribution in [2.45, 2.75) is 26.4 Å². The molecule has 3 heteroatoms. The van der Waals surface area contributed by atoms with Gasteiger partial charge in [0, 0.05) is 18.5 Å². The molecule has 1 nitrogen and oxygen atoms in total. The van der Waals surface area contributed by atoms with E-state index in [1.807, 2.05) is 6.07 Å². The van der Waals surface area contributed by atoms with E-state index < -0.39 is 0 Å². The maximum atomic E-state index is 12.9. The second-order valence-electron chi connectivity index (χ2n) is 4.02. The highest BCUT2D eigenvalue weighted by molar-refractivity contribution is 6.18. The Kier molecular flexibility index (Phi) is 5.06. The fraction of sp³-hybridized carbons (Fsp3) is 0.500. The van der Waals surface area contributed by atoms with Crippen molar-refractivity contribution in [3.05, 3.63) is 35.6 Å². The monoisotopic (exact) mass is 229 g/mol. The Labute approximate surface area is 95.6 Å². The lowest BCUT2D eigenvalue weighted by molar-refractivity contribution is 0.430. The maximum Gasteiger partial charge on any atom is 0.123 e. The zero-order valence-electron chi connectivity index (χ0n) is 9.13. The SMILES string of the molecule is CC(C)C(CCl)NCc1cccc(F)c1. The molecule has 0 bridgehead atoms. The van der Waals surface area contributed by atoms with E-state index in [2.05, 4.69) is 19.2 Å². The van der Waals surface area contributed by atoms with Crippen LogP contribution in [0.25, 0.3) is 0 Å². The minimum absolute atomic E-state index is 0.193. The van der Waals surface area contributed by atoms with E-state index in [1.54, 1.807) is 12.1 Å². The van der Waals surface area contributed by atoms with Gasteiger partial charge in [-0.1, -0.05) is 26.0 Å². The predicted octanol–water partition coefficient (Wildman–Crippen LogP) is 3.18. The topological polar surface area (TPSA) is 12.0 Å². The molecule has 0 aliphatic heterocycles. The van der Waals surface area contributed by atoms with E-state index in [4.69, 9.17) is 11.6 Å². The molecule has 84 valence electrons. The molecule has 1 N–H and O–H groups in total. The van der Waals surface area contributed by atoms with Gasteiger partial charge in [0.25, 0.3) is 0 Å². The van der Waals surface area contributed by atoms with Crippen molar-refractivity contribution in [1.82, 2.24) is 5.32 Å². The molecule has 1 atom stereocenters. The van der Waals surface area contributed by atoms with E-state index in [9.17, 15) is 4.39 Å². The van der Waals surface area contributed by atoms with Gasteiger partial charge in [-0.2, -0.15) is 0 Å². The molecule has 0 amide bonds. The minimum Gasteiger partial charge on any atom is -0.308 e. The molecule has 1 unspecified atom stereocenters. The largest absolute Gasteiger partial charge is 0.308 e. The first-order chi connectivity index (χ1) is 7.13. The number of rotatable bonds is 5. The first kappa shape index (κ1) is 12.5. The van der Waals surface area contributed by atoms with Crippen molar-refractivity contribution in [3.63, 3.8) is 0 Å². The molecule has 1 rings (SSSR count). The van der Waals surface area contributed by atoms with Crippen LogP contribution in [0.2, 0.25) is 0 Å². The van der Waals surface area contributed by atoms with Crippen LogP contribution < -0.4 is 5.32 Å². The average Bonchev–Trinajstić information content (AvgIpc) is 2.18. The highest BCUT2D eigenvalue weighted by Crippen LogP contribution is 2.07. The van der Waals surface area contributed by atoms with E-state index in [-0.39, 0.29) is 11.9 Å². The lowest BCUT2D eigenvalue weighted by Gasteiger charge is -2.19. The third-order valence-electron chi connectivity index (χ3n) is 2.43. The summed E-state index contributed by atoms with van der Waals surface area (Å²) in [5.74, 6) is 0.866. The molecule has 0 heterocycles. The Bertz CT molecular complexity index is 301. The van der Waals surface area contributed by atoms with Gasteiger partial charge in [-0.05, 0) is 23.6 Å². The standard InChI is InChI=1S/C12H17ClFN/c1-9(2)12(7-13)15-8-10-4-3-5-11(14)6-10/h3-6,9,12,15H,7-8H2,1-2H3. The fourth-order valence-electron chi connectivity index (χ4n) is 1.36. The van der Waals surface area contributed by atoms with Gasteiger partial charge in [-0.25, -0.2) is 4.39 Å². The van der Waals surface area contributed by atoms with Gasteiger partial charge in [-0.15, -0.1) is 11.6 Å².